The lowest BCUT2D eigenvalue weighted by Crippen LogP contribution is -1.86. The number of aryl methyl sites for hydroxylation is 1. The summed E-state index contributed by atoms with van der Waals surface area (Å²) in [6, 6.07) is 17.8. The van der Waals surface area contributed by atoms with Crippen LogP contribution in [0.2, 0.25) is 0 Å². The Morgan fingerprint density at radius 2 is 1.58 bits per heavy atom. The largest absolute Gasteiger partial charge is 0.399 e. The second-order valence-electron chi connectivity index (χ2n) is 4.45. The van der Waals surface area contributed by atoms with E-state index in [2.05, 4.69) is 17.3 Å². The molecule has 3 rings (SSSR count). The molecule has 0 spiro atoms. The fourth-order valence-electron chi connectivity index (χ4n) is 2.15. The number of aromatic nitrogens is 1. The molecular formula is C16H14N2O. The van der Waals surface area contributed by atoms with E-state index in [4.69, 9.17) is 10.3 Å². The van der Waals surface area contributed by atoms with Crippen LogP contribution in [0.3, 0.4) is 0 Å². The highest BCUT2D eigenvalue weighted by Crippen LogP contribution is 2.34. The molecule has 0 atom stereocenters. The van der Waals surface area contributed by atoms with Crippen molar-refractivity contribution in [3.05, 3.63) is 60.4 Å². The lowest BCUT2D eigenvalue weighted by atomic mass is 9.99. The monoisotopic (exact) mass is 250 g/mol. The zero-order chi connectivity index (χ0) is 13.2. The Morgan fingerprint density at radius 1 is 0.895 bits per heavy atom. The smallest absolute Gasteiger partial charge is 0.142 e. The average Bonchev–Trinajstić information content (AvgIpc) is 2.82. The van der Waals surface area contributed by atoms with Crippen LogP contribution in [-0.4, -0.2) is 5.16 Å². The summed E-state index contributed by atoms with van der Waals surface area (Å²) in [4.78, 5) is 0. The maximum Gasteiger partial charge on any atom is 0.142 e. The molecule has 0 saturated carbocycles. The zero-order valence-corrected chi connectivity index (χ0v) is 10.6. The third kappa shape index (κ3) is 2.10. The highest BCUT2D eigenvalue weighted by molar-refractivity contribution is 5.82. The van der Waals surface area contributed by atoms with Crippen molar-refractivity contribution in [2.45, 2.75) is 6.92 Å². The summed E-state index contributed by atoms with van der Waals surface area (Å²) in [6.45, 7) is 1.93. The van der Waals surface area contributed by atoms with Crippen molar-refractivity contribution in [2.75, 3.05) is 5.73 Å². The molecule has 0 radical (unpaired) electrons. The van der Waals surface area contributed by atoms with E-state index in [1.54, 1.807) is 0 Å². The van der Waals surface area contributed by atoms with Crippen LogP contribution >= 0.6 is 0 Å². The third-order valence-electron chi connectivity index (χ3n) is 3.11. The molecule has 0 unspecified atom stereocenters. The Morgan fingerprint density at radius 3 is 2.26 bits per heavy atom. The Bertz CT molecular complexity index is 685. The predicted molar refractivity (Wildman–Crippen MR) is 76.5 cm³/mol. The Balaban J connectivity index is 2.16. The molecular weight excluding hydrogens is 236 g/mol. The summed E-state index contributed by atoms with van der Waals surface area (Å²) >= 11 is 0. The van der Waals surface area contributed by atoms with Gasteiger partial charge in [0.15, 0.2) is 0 Å². The SMILES string of the molecule is Cc1onc(-c2ccc(N)cc2)c1-c1ccccc1. The van der Waals surface area contributed by atoms with Gasteiger partial charge in [0.05, 0.1) is 5.56 Å². The highest BCUT2D eigenvalue weighted by Gasteiger charge is 2.15. The second-order valence-corrected chi connectivity index (χ2v) is 4.45. The lowest BCUT2D eigenvalue weighted by molar-refractivity contribution is 0.400. The molecule has 0 aliphatic carbocycles. The van der Waals surface area contributed by atoms with Crippen molar-refractivity contribution < 1.29 is 4.52 Å². The molecule has 0 bridgehead atoms. The van der Waals surface area contributed by atoms with E-state index in [9.17, 15) is 0 Å². The highest BCUT2D eigenvalue weighted by atomic mass is 16.5. The minimum atomic E-state index is 0.741. The van der Waals surface area contributed by atoms with Gasteiger partial charge >= 0.3 is 0 Å². The Labute approximate surface area is 111 Å². The minimum Gasteiger partial charge on any atom is -0.399 e. The molecule has 3 aromatic rings. The maximum absolute atomic E-state index is 5.72. The second kappa shape index (κ2) is 4.61. The zero-order valence-electron chi connectivity index (χ0n) is 10.6. The fourth-order valence-corrected chi connectivity index (χ4v) is 2.15. The number of hydrogen-bond donors (Lipinski definition) is 1. The van der Waals surface area contributed by atoms with Crippen LogP contribution in [0, 0.1) is 6.92 Å². The van der Waals surface area contributed by atoms with Gasteiger partial charge in [-0.2, -0.15) is 0 Å². The van der Waals surface area contributed by atoms with E-state index in [0.717, 1.165) is 33.8 Å². The van der Waals surface area contributed by atoms with Gasteiger partial charge in [-0.05, 0) is 24.6 Å². The number of nitrogens with zero attached hydrogens (tertiary/aromatic N) is 1. The average molecular weight is 250 g/mol. The van der Waals surface area contributed by atoms with Crippen LogP contribution in [0.25, 0.3) is 22.4 Å². The van der Waals surface area contributed by atoms with Gasteiger partial charge in [0, 0.05) is 11.3 Å². The number of nitrogen functional groups attached to an aromatic ring is 1. The summed E-state index contributed by atoms with van der Waals surface area (Å²) in [5.74, 6) is 0.818. The Kier molecular flexibility index (Phi) is 2.80. The molecule has 0 aliphatic heterocycles. The molecule has 2 aromatic carbocycles. The molecule has 0 saturated heterocycles. The number of nitrogens with two attached hydrogens (primary N) is 1. The number of hydrogen-bond acceptors (Lipinski definition) is 3. The number of anilines is 1. The van der Waals surface area contributed by atoms with Crippen molar-refractivity contribution in [2.24, 2.45) is 0 Å². The van der Waals surface area contributed by atoms with Crippen LogP contribution in [0.4, 0.5) is 5.69 Å². The van der Waals surface area contributed by atoms with E-state index >= 15 is 0 Å². The molecule has 1 heterocycles. The summed E-state index contributed by atoms with van der Waals surface area (Å²) in [7, 11) is 0. The first-order valence-electron chi connectivity index (χ1n) is 6.13. The fraction of sp³-hybridized carbons (Fsp3) is 0.0625. The van der Waals surface area contributed by atoms with Crippen molar-refractivity contribution in [1.29, 1.82) is 0 Å². The summed E-state index contributed by atoms with van der Waals surface area (Å²) in [6.07, 6.45) is 0. The molecule has 0 fully saturated rings. The van der Waals surface area contributed by atoms with E-state index in [0.29, 0.717) is 0 Å². The molecule has 3 heteroatoms. The first kappa shape index (κ1) is 11.5. The quantitative estimate of drug-likeness (QED) is 0.702. The van der Waals surface area contributed by atoms with Crippen molar-refractivity contribution >= 4 is 5.69 Å². The van der Waals surface area contributed by atoms with Crippen LogP contribution in [0.5, 0.6) is 0 Å². The molecule has 0 amide bonds. The third-order valence-corrected chi connectivity index (χ3v) is 3.11. The van der Waals surface area contributed by atoms with Gasteiger partial charge in [0.2, 0.25) is 0 Å². The minimum absolute atomic E-state index is 0.741. The topological polar surface area (TPSA) is 52.0 Å². The first-order chi connectivity index (χ1) is 9.25. The van der Waals surface area contributed by atoms with Crippen LogP contribution in [0.15, 0.2) is 59.1 Å². The predicted octanol–water partition coefficient (Wildman–Crippen LogP) is 3.90. The molecule has 2 N–H and O–H groups in total. The van der Waals surface area contributed by atoms with Crippen molar-refractivity contribution in [3.8, 4) is 22.4 Å². The first-order valence-corrected chi connectivity index (χ1v) is 6.13. The van der Waals surface area contributed by atoms with Gasteiger partial charge in [-0.3, -0.25) is 0 Å². The van der Waals surface area contributed by atoms with E-state index < -0.39 is 0 Å². The van der Waals surface area contributed by atoms with Crippen molar-refractivity contribution in [3.63, 3.8) is 0 Å². The molecule has 94 valence electrons. The van der Waals surface area contributed by atoms with Gasteiger partial charge < -0.3 is 10.3 Å². The normalized spacial score (nSPS) is 10.6. The van der Waals surface area contributed by atoms with E-state index in [1.165, 1.54) is 0 Å². The van der Waals surface area contributed by atoms with Gasteiger partial charge in [-0.15, -0.1) is 0 Å². The van der Waals surface area contributed by atoms with Gasteiger partial charge in [-0.25, -0.2) is 0 Å². The number of rotatable bonds is 2. The molecule has 0 aliphatic rings. The number of benzene rings is 2. The van der Waals surface area contributed by atoms with E-state index in [1.807, 2.05) is 49.4 Å². The molecule has 1 aromatic heterocycles. The Hall–Kier alpha value is -2.55. The standard InChI is InChI=1S/C16H14N2O/c1-11-15(12-5-3-2-4-6-12)16(18-19-11)13-7-9-14(17)10-8-13/h2-10H,17H2,1H3. The van der Waals surface area contributed by atoms with Crippen LogP contribution in [-0.2, 0) is 0 Å². The van der Waals surface area contributed by atoms with Gasteiger partial charge in [0.25, 0.3) is 0 Å². The van der Waals surface area contributed by atoms with Gasteiger partial charge in [0.1, 0.15) is 11.5 Å². The van der Waals surface area contributed by atoms with Gasteiger partial charge in [-0.1, -0.05) is 47.6 Å². The van der Waals surface area contributed by atoms with Crippen LogP contribution in [0.1, 0.15) is 5.76 Å². The molecule has 3 nitrogen and oxygen atoms in total. The van der Waals surface area contributed by atoms with Crippen molar-refractivity contribution in [1.82, 2.24) is 5.16 Å². The lowest BCUT2D eigenvalue weighted by Gasteiger charge is -2.03. The summed E-state index contributed by atoms with van der Waals surface area (Å²) in [5.41, 5.74) is 10.4. The van der Waals surface area contributed by atoms with E-state index in [-0.39, 0.29) is 0 Å². The van der Waals surface area contributed by atoms with Crippen LogP contribution < -0.4 is 5.73 Å². The molecule has 19 heavy (non-hydrogen) atoms. The maximum atomic E-state index is 5.72. The summed E-state index contributed by atoms with van der Waals surface area (Å²) < 4.78 is 5.35. The summed E-state index contributed by atoms with van der Waals surface area (Å²) in [5, 5.41) is 4.18.